The van der Waals surface area contributed by atoms with Crippen LogP contribution in [0.3, 0.4) is 0 Å². The maximum absolute atomic E-state index is 12.9. The number of carbonyl (C=O) groups is 5. The van der Waals surface area contributed by atoms with Crippen molar-refractivity contribution in [2.24, 2.45) is 4.99 Å². The summed E-state index contributed by atoms with van der Waals surface area (Å²) < 4.78 is 10.4. The molecular formula is C28H36N4O8. The van der Waals surface area contributed by atoms with Gasteiger partial charge in [0.05, 0.1) is 19.7 Å². The van der Waals surface area contributed by atoms with Crippen LogP contribution in [0.25, 0.3) is 0 Å². The Morgan fingerprint density at radius 3 is 2.55 bits per heavy atom. The molecule has 1 fully saturated rings. The van der Waals surface area contributed by atoms with Crippen molar-refractivity contribution in [1.29, 1.82) is 0 Å². The summed E-state index contributed by atoms with van der Waals surface area (Å²) in [5.74, 6) is -3.41. The van der Waals surface area contributed by atoms with Crippen molar-refractivity contribution in [2.45, 2.75) is 51.1 Å². The van der Waals surface area contributed by atoms with E-state index in [2.05, 4.69) is 15.6 Å². The van der Waals surface area contributed by atoms with E-state index in [1.54, 1.807) is 11.8 Å². The van der Waals surface area contributed by atoms with Crippen molar-refractivity contribution < 1.29 is 38.6 Å². The Bertz CT molecular complexity index is 1130. The van der Waals surface area contributed by atoms with Gasteiger partial charge in [0.2, 0.25) is 5.91 Å². The number of esters is 1. The van der Waals surface area contributed by atoms with Gasteiger partial charge in [-0.15, -0.1) is 0 Å². The van der Waals surface area contributed by atoms with Gasteiger partial charge in [0.1, 0.15) is 12.0 Å². The Hall–Kier alpha value is -4.48. The molecule has 3 unspecified atom stereocenters. The summed E-state index contributed by atoms with van der Waals surface area (Å²) in [5, 5.41) is 13.5. The molecular weight excluding hydrogens is 520 g/mol. The second-order valence-electron chi connectivity index (χ2n) is 8.95. The minimum absolute atomic E-state index is 0.244. The van der Waals surface area contributed by atoms with Gasteiger partial charge in [-0.05, 0) is 50.8 Å². The Morgan fingerprint density at radius 1 is 1.18 bits per heavy atom. The van der Waals surface area contributed by atoms with Crippen LogP contribution in [0.2, 0.25) is 0 Å². The number of carbonyl (C=O) groups excluding carboxylic acids is 4. The first-order chi connectivity index (χ1) is 19.2. The predicted molar refractivity (Wildman–Crippen MR) is 147 cm³/mol. The largest absolute Gasteiger partial charge is 0.480 e. The number of nitrogens with zero attached hydrogens (tertiary/aromatic N) is 2. The maximum atomic E-state index is 12.9. The molecule has 0 bridgehead atoms. The number of ether oxygens (including phenoxy) is 2. The highest BCUT2D eigenvalue weighted by molar-refractivity contribution is 5.99. The fourth-order valence-electron chi connectivity index (χ4n) is 4.18. The number of piperidine rings is 1. The number of carboxylic acids is 1. The third-order valence-corrected chi connectivity index (χ3v) is 6.24. The summed E-state index contributed by atoms with van der Waals surface area (Å²) in [6.07, 6.45) is 7.52. The summed E-state index contributed by atoms with van der Waals surface area (Å²) >= 11 is 0. The van der Waals surface area contributed by atoms with E-state index >= 15 is 0 Å². The number of amides is 3. The smallest absolute Gasteiger partial charge is 0.411 e. The van der Waals surface area contributed by atoms with Gasteiger partial charge in [-0.2, -0.15) is 0 Å². The lowest BCUT2D eigenvalue weighted by Crippen LogP contribution is -2.49. The molecule has 0 aromatic heterocycles. The molecule has 3 atom stereocenters. The maximum Gasteiger partial charge on any atom is 0.411 e. The third-order valence-electron chi connectivity index (χ3n) is 6.24. The van der Waals surface area contributed by atoms with E-state index in [4.69, 9.17) is 14.6 Å². The molecule has 0 saturated carbocycles. The lowest BCUT2D eigenvalue weighted by molar-refractivity contribution is -0.144. The zero-order valence-electron chi connectivity index (χ0n) is 22.9. The fraction of sp³-hybridized carbons (Fsp3) is 0.429. The lowest BCUT2D eigenvalue weighted by Gasteiger charge is -2.38. The van der Waals surface area contributed by atoms with Crippen LogP contribution in [0.1, 0.15) is 44.6 Å². The Labute approximate surface area is 233 Å². The molecule has 1 aromatic carbocycles. The monoisotopic (exact) mass is 556 g/mol. The highest BCUT2D eigenvalue weighted by Crippen LogP contribution is 2.32. The summed E-state index contributed by atoms with van der Waals surface area (Å²) in [4.78, 5) is 65.9. The average molecular weight is 557 g/mol. The molecule has 3 amide bonds. The van der Waals surface area contributed by atoms with E-state index < -0.39 is 47.8 Å². The quantitative estimate of drug-likeness (QED) is 0.153. The van der Waals surface area contributed by atoms with E-state index in [1.165, 1.54) is 38.5 Å². The first kappa shape index (κ1) is 31.7. The van der Waals surface area contributed by atoms with Crippen LogP contribution in [0, 0.1) is 0 Å². The Morgan fingerprint density at radius 2 is 1.90 bits per heavy atom. The van der Waals surface area contributed by atoms with E-state index in [0.717, 1.165) is 18.4 Å². The minimum Gasteiger partial charge on any atom is -0.480 e. The van der Waals surface area contributed by atoms with Crippen LogP contribution >= 0.6 is 0 Å². The van der Waals surface area contributed by atoms with E-state index in [-0.39, 0.29) is 18.8 Å². The number of rotatable bonds is 12. The average Bonchev–Trinajstić information content (AvgIpc) is 2.96. The topological polar surface area (TPSA) is 164 Å². The van der Waals surface area contributed by atoms with Crippen LogP contribution in [0.4, 0.5) is 4.79 Å². The zero-order chi connectivity index (χ0) is 29.5. The highest BCUT2D eigenvalue weighted by atomic mass is 16.6. The first-order valence-electron chi connectivity index (χ1n) is 12.9. The van der Waals surface area contributed by atoms with Gasteiger partial charge in [0.25, 0.3) is 5.91 Å². The molecule has 1 aliphatic rings. The SMILES string of the molecule is C\C=C(/C=C\C=N\COC(=O)N1CCCCC1C(C(=O)OC)c1ccccc1)C(=O)NCC(=O)NC(C)C(=O)O. The van der Waals surface area contributed by atoms with Crippen LogP contribution in [0.5, 0.6) is 0 Å². The summed E-state index contributed by atoms with van der Waals surface area (Å²) in [6.45, 7) is 2.74. The molecule has 0 radical (unpaired) electrons. The standard InChI is InChI=1S/C28H36N4O8/c1-4-20(25(34)30-17-23(33)31-19(2)26(35)36)13-10-15-29-18-40-28(38)32-16-9-8-14-22(32)24(27(37)39-3)21-11-6-5-7-12-21/h4-7,10-13,15,19,22,24H,8-9,14,16-18H2,1-3H3,(H,30,34)(H,31,33)(H,35,36)/b13-10-,20-4+,29-15+. The number of allylic oxidation sites excluding steroid dienone is 2. The molecule has 12 nitrogen and oxygen atoms in total. The predicted octanol–water partition coefficient (Wildman–Crippen LogP) is 2.17. The molecule has 2 rings (SSSR count). The number of aliphatic imine (C=N–C) groups is 1. The number of nitrogens with one attached hydrogen (secondary N) is 2. The minimum atomic E-state index is -1.19. The summed E-state index contributed by atoms with van der Waals surface area (Å²) in [5.41, 5.74) is 1.01. The number of hydrogen-bond donors (Lipinski definition) is 3. The van der Waals surface area contributed by atoms with Crippen molar-refractivity contribution >= 4 is 36.1 Å². The highest BCUT2D eigenvalue weighted by Gasteiger charge is 2.39. The summed E-state index contributed by atoms with van der Waals surface area (Å²) in [7, 11) is 1.33. The molecule has 0 spiro atoms. The molecule has 3 N–H and O–H groups in total. The molecule has 40 heavy (non-hydrogen) atoms. The van der Waals surface area contributed by atoms with E-state index in [1.807, 2.05) is 30.3 Å². The van der Waals surface area contributed by atoms with Gasteiger partial charge in [-0.3, -0.25) is 24.2 Å². The second kappa shape index (κ2) is 16.5. The van der Waals surface area contributed by atoms with Gasteiger partial charge >= 0.3 is 18.0 Å². The molecule has 1 saturated heterocycles. The van der Waals surface area contributed by atoms with Gasteiger partial charge in [-0.25, -0.2) is 4.79 Å². The normalized spacial score (nSPS) is 17.2. The number of benzene rings is 1. The molecule has 12 heteroatoms. The molecule has 0 aliphatic carbocycles. The first-order valence-corrected chi connectivity index (χ1v) is 12.9. The number of methoxy groups -OCH3 is 1. The molecule has 1 heterocycles. The van der Waals surface area contributed by atoms with Crippen molar-refractivity contribution in [1.82, 2.24) is 15.5 Å². The number of hydrogen-bond acceptors (Lipinski definition) is 8. The Kier molecular flexibility index (Phi) is 13.1. The van der Waals surface area contributed by atoms with Crippen molar-refractivity contribution in [3.63, 3.8) is 0 Å². The second-order valence-corrected chi connectivity index (χ2v) is 8.95. The molecule has 1 aromatic rings. The summed E-state index contributed by atoms with van der Waals surface area (Å²) in [6, 6.07) is 7.71. The van der Waals surface area contributed by atoms with Crippen LogP contribution in [-0.2, 0) is 28.7 Å². The fourth-order valence-corrected chi connectivity index (χ4v) is 4.18. The number of likely N-dealkylation sites (tertiary alicyclic amines) is 1. The molecule has 1 aliphatic heterocycles. The number of aliphatic carboxylic acids is 1. The van der Waals surface area contributed by atoms with E-state index in [0.29, 0.717) is 13.0 Å². The number of carboxylic acid groups (broad SMARTS) is 1. The van der Waals surface area contributed by atoms with E-state index in [9.17, 15) is 24.0 Å². The van der Waals surface area contributed by atoms with Crippen LogP contribution in [0.15, 0.2) is 59.1 Å². The molecule has 216 valence electrons. The Balaban J connectivity index is 1.90. The lowest BCUT2D eigenvalue weighted by atomic mass is 9.85. The van der Waals surface area contributed by atoms with Gasteiger partial charge in [0.15, 0.2) is 6.73 Å². The van der Waals surface area contributed by atoms with Crippen LogP contribution in [-0.4, -0.2) is 85.1 Å². The van der Waals surface area contributed by atoms with Crippen molar-refractivity contribution in [3.05, 3.63) is 59.7 Å². The van der Waals surface area contributed by atoms with Crippen molar-refractivity contribution in [3.8, 4) is 0 Å². The van der Waals surface area contributed by atoms with Crippen molar-refractivity contribution in [2.75, 3.05) is 26.9 Å². The zero-order valence-corrected chi connectivity index (χ0v) is 22.9. The third kappa shape index (κ3) is 9.68. The van der Waals surface area contributed by atoms with Gasteiger partial charge in [-0.1, -0.05) is 36.4 Å². The van der Waals surface area contributed by atoms with Gasteiger partial charge in [0, 0.05) is 18.3 Å². The van der Waals surface area contributed by atoms with Gasteiger partial charge < -0.3 is 30.1 Å². The van der Waals surface area contributed by atoms with Crippen LogP contribution < -0.4 is 10.6 Å².